The summed E-state index contributed by atoms with van der Waals surface area (Å²) >= 11 is 0. The Labute approximate surface area is 239 Å². The lowest BCUT2D eigenvalue weighted by Crippen LogP contribution is -2.30. The lowest BCUT2D eigenvalue weighted by molar-refractivity contribution is -0.121. The van der Waals surface area contributed by atoms with Crippen LogP contribution in [-0.4, -0.2) is 34.0 Å². The van der Waals surface area contributed by atoms with Crippen molar-refractivity contribution in [2.45, 2.75) is 64.8 Å². The summed E-state index contributed by atoms with van der Waals surface area (Å²) in [5.74, 6) is 1.68. The van der Waals surface area contributed by atoms with Gasteiger partial charge in [-0.25, -0.2) is 0 Å². The van der Waals surface area contributed by atoms with E-state index in [1.165, 1.54) is 0 Å². The third kappa shape index (κ3) is 6.65. The molecule has 212 valence electrons. The molecular formula is C33H36N4O4. The Morgan fingerprint density at radius 2 is 1.83 bits per heavy atom. The van der Waals surface area contributed by atoms with Gasteiger partial charge in [0.25, 0.3) is 0 Å². The summed E-state index contributed by atoms with van der Waals surface area (Å²) in [6.07, 6.45) is 4.51. The van der Waals surface area contributed by atoms with E-state index < -0.39 is 6.04 Å². The molecule has 5 rings (SSSR count). The topological polar surface area (TPSA) is 110 Å². The Morgan fingerprint density at radius 1 is 1.00 bits per heavy atom. The molecule has 1 atom stereocenters. The number of fused-ring (bicyclic) bond motifs is 2. The quantitative estimate of drug-likeness (QED) is 0.152. The van der Waals surface area contributed by atoms with E-state index in [0.29, 0.717) is 31.0 Å². The second-order valence-corrected chi connectivity index (χ2v) is 10.4. The number of ketones is 1. The number of aryl methyl sites for hydroxylation is 1. The van der Waals surface area contributed by atoms with Crippen LogP contribution in [0.4, 0.5) is 0 Å². The maximum Gasteiger partial charge on any atom is 0.247 e. The summed E-state index contributed by atoms with van der Waals surface area (Å²) in [6.45, 7) is 3.86. The van der Waals surface area contributed by atoms with Gasteiger partial charge in [-0.05, 0) is 66.4 Å². The fraction of sp³-hybridized carbons (Fsp3) is 0.333. The number of methoxy groups -OCH3 is 1. The molecule has 0 fully saturated rings. The maximum atomic E-state index is 13.4. The van der Waals surface area contributed by atoms with Gasteiger partial charge >= 0.3 is 0 Å². The van der Waals surface area contributed by atoms with Gasteiger partial charge in [0.1, 0.15) is 17.6 Å². The van der Waals surface area contributed by atoms with Crippen LogP contribution in [0.2, 0.25) is 0 Å². The molecule has 0 spiro atoms. The van der Waals surface area contributed by atoms with Crippen molar-refractivity contribution < 1.29 is 18.7 Å². The highest BCUT2D eigenvalue weighted by molar-refractivity contribution is 5.91. The highest BCUT2D eigenvalue weighted by Gasteiger charge is 2.23. The molecule has 8 heteroatoms. The Hall–Kier alpha value is -4.46. The van der Waals surface area contributed by atoms with Crippen molar-refractivity contribution >= 4 is 33.4 Å². The first-order valence-electron chi connectivity index (χ1n) is 14.2. The van der Waals surface area contributed by atoms with Crippen molar-refractivity contribution in [1.82, 2.24) is 20.5 Å². The number of carbonyl (C=O) groups is 2. The Morgan fingerprint density at radius 3 is 2.63 bits per heavy atom. The molecule has 3 aromatic carbocycles. The highest BCUT2D eigenvalue weighted by Crippen LogP contribution is 2.29. The van der Waals surface area contributed by atoms with E-state index in [1.54, 1.807) is 7.11 Å². The van der Waals surface area contributed by atoms with E-state index in [4.69, 9.17) is 9.15 Å². The van der Waals surface area contributed by atoms with Crippen LogP contribution >= 0.6 is 0 Å². The number of hydrogen-bond donors (Lipinski definition) is 2. The highest BCUT2D eigenvalue weighted by atomic mass is 16.5. The zero-order valence-corrected chi connectivity index (χ0v) is 23.8. The zero-order chi connectivity index (χ0) is 28.8. The molecule has 0 unspecified atom stereocenters. The van der Waals surface area contributed by atoms with Crippen LogP contribution in [0.1, 0.15) is 68.6 Å². The molecule has 0 bridgehead atoms. The number of nitrogens with one attached hydrogen (secondary N) is 2. The van der Waals surface area contributed by atoms with Gasteiger partial charge in [-0.3, -0.25) is 9.59 Å². The van der Waals surface area contributed by atoms with Gasteiger partial charge in [0.05, 0.1) is 13.5 Å². The van der Waals surface area contributed by atoms with E-state index in [2.05, 4.69) is 26.6 Å². The van der Waals surface area contributed by atoms with Crippen LogP contribution < -0.4 is 10.1 Å². The van der Waals surface area contributed by atoms with E-state index in [0.717, 1.165) is 63.5 Å². The molecule has 0 saturated heterocycles. The summed E-state index contributed by atoms with van der Waals surface area (Å²) in [6, 6.07) is 19.5. The Kier molecular flexibility index (Phi) is 8.77. The summed E-state index contributed by atoms with van der Waals surface area (Å²) in [4.78, 5) is 28.5. The summed E-state index contributed by atoms with van der Waals surface area (Å²) in [5.41, 5.74) is 3.66. The van der Waals surface area contributed by atoms with Crippen LogP contribution in [0.5, 0.6) is 5.75 Å². The molecule has 2 N–H and O–H groups in total. The largest absolute Gasteiger partial charge is 0.497 e. The monoisotopic (exact) mass is 552 g/mol. The average molecular weight is 553 g/mol. The van der Waals surface area contributed by atoms with Crippen molar-refractivity contribution in [3.05, 3.63) is 77.8 Å². The van der Waals surface area contributed by atoms with Crippen molar-refractivity contribution in [1.29, 1.82) is 0 Å². The van der Waals surface area contributed by atoms with Gasteiger partial charge < -0.3 is 19.5 Å². The number of Topliss-reactive ketones (excluding diaryl/α,β-unsaturated/α-hetero) is 1. The van der Waals surface area contributed by atoms with E-state index >= 15 is 0 Å². The van der Waals surface area contributed by atoms with Crippen molar-refractivity contribution in [3.8, 4) is 17.2 Å². The summed E-state index contributed by atoms with van der Waals surface area (Å²) in [7, 11) is 1.63. The molecule has 2 heterocycles. The normalized spacial score (nSPS) is 12.1. The molecule has 0 aliphatic carbocycles. The first-order chi connectivity index (χ1) is 19.9. The molecule has 0 saturated carbocycles. The van der Waals surface area contributed by atoms with Gasteiger partial charge in [0, 0.05) is 35.0 Å². The van der Waals surface area contributed by atoms with E-state index in [1.807, 2.05) is 68.4 Å². The van der Waals surface area contributed by atoms with Crippen LogP contribution in [0.25, 0.3) is 33.1 Å². The SMILES string of the molecule is CCC(=O)CCCCC[C@H](NC(=O)Cc1c(C)[nH]c2ccc(OC)cc12)c1nnc(-c2ccc3ccccc3c2)o1. The first kappa shape index (κ1) is 28.1. The fourth-order valence-corrected chi connectivity index (χ4v) is 5.22. The number of nitrogens with zero attached hydrogens (tertiary/aromatic N) is 2. The number of aromatic amines is 1. The predicted octanol–water partition coefficient (Wildman–Crippen LogP) is 7.02. The molecule has 0 aliphatic heterocycles. The van der Waals surface area contributed by atoms with E-state index in [9.17, 15) is 9.59 Å². The van der Waals surface area contributed by atoms with Crippen molar-refractivity contribution in [2.75, 3.05) is 7.11 Å². The fourth-order valence-electron chi connectivity index (χ4n) is 5.22. The van der Waals surface area contributed by atoms with Gasteiger partial charge in [-0.2, -0.15) is 0 Å². The number of hydrogen-bond acceptors (Lipinski definition) is 6. The number of carbonyl (C=O) groups excluding carboxylic acids is 2. The number of unbranched alkanes of at least 4 members (excludes halogenated alkanes) is 2. The number of H-pyrrole nitrogens is 1. The molecule has 0 aliphatic rings. The number of ether oxygens (including phenoxy) is 1. The van der Waals surface area contributed by atoms with Crippen molar-refractivity contribution in [3.63, 3.8) is 0 Å². The molecule has 41 heavy (non-hydrogen) atoms. The molecule has 0 radical (unpaired) electrons. The van der Waals surface area contributed by atoms with Gasteiger partial charge in [0.15, 0.2) is 0 Å². The standard InChI is InChI=1S/C33H36N4O4/c1-4-25(38)12-6-5-7-13-30(33-37-36-32(41-33)24-15-14-22-10-8-9-11-23(22)18-24)35-31(39)20-27-21(2)34-29-17-16-26(40-3)19-28(27)29/h8-11,14-19,30,34H,4-7,12-13,20H2,1-3H3,(H,35,39)/t30-/m0/s1. The molecule has 8 nitrogen and oxygen atoms in total. The lowest BCUT2D eigenvalue weighted by atomic mass is 10.0. The third-order valence-electron chi connectivity index (χ3n) is 7.58. The minimum absolute atomic E-state index is 0.131. The Bertz CT molecular complexity index is 1670. The lowest BCUT2D eigenvalue weighted by Gasteiger charge is -2.15. The molecule has 5 aromatic rings. The summed E-state index contributed by atoms with van der Waals surface area (Å²) < 4.78 is 11.5. The second-order valence-electron chi connectivity index (χ2n) is 10.4. The molecule has 1 amide bonds. The molecule has 2 aromatic heterocycles. The van der Waals surface area contributed by atoms with Gasteiger partial charge in [-0.15, -0.1) is 10.2 Å². The minimum Gasteiger partial charge on any atom is -0.497 e. The maximum absolute atomic E-state index is 13.4. The van der Waals surface area contributed by atoms with Crippen LogP contribution in [0.3, 0.4) is 0 Å². The van der Waals surface area contributed by atoms with E-state index in [-0.39, 0.29) is 18.1 Å². The van der Waals surface area contributed by atoms with Gasteiger partial charge in [-0.1, -0.05) is 50.1 Å². The Balaban J connectivity index is 1.34. The third-order valence-corrected chi connectivity index (χ3v) is 7.58. The van der Waals surface area contributed by atoms with Crippen molar-refractivity contribution in [2.24, 2.45) is 0 Å². The number of amides is 1. The second kappa shape index (κ2) is 12.8. The minimum atomic E-state index is -0.439. The predicted molar refractivity (Wildman–Crippen MR) is 160 cm³/mol. The summed E-state index contributed by atoms with van der Waals surface area (Å²) in [5, 5.41) is 15.0. The van der Waals surface area contributed by atoms with Crippen LogP contribution in [0, 0.1) is 6.92 Å². The number of benzene rings is 3. The number of aromatic nitrogens is 3. The van der Waals surface area contributed by atoms with Gasteiger partial charge in [0.2, 0.25) is 17.7 Å². The van der Waals surface area contributed by atoms with Crippen LogP contribution in [0.15, 0.2) is 65.1 Å². The smallest absolute Gasteiger partial charge is 0.247 e. The first-order valence-corrected chi connectivity index (χ1v) is 14.2. The molecular weight excluding hydrogens is 516 g/mol. The average Bonchev–Trinajstić information content (AvgIpc) is 3.60. The van der Waals surface area contributed by atoms with Crippen LogP contribution in [-0.2, 0) is 16.0 Å². The zero-order valence-electron chi connectivity index (χ0n) is 23.8. The number of rotatable bonds is 13.